The zero-order valence-corrected chi connectivity index (χ0v) is 16.6. The summed E-state index contributed by atoms with van der Waals surface area (Å²) in [6.07, 6.45) is 2.50. The van der Waals surface area contributed by atoms with Gasteiger partial charge in [0.25, 0.3) is 0 Å². The van der Waals surface area contributed by atoms with Crippen LogP contribution in [0.15, 0.2) is 47.6 Å². The van der Waals surface area contributed by atoms with Crippen LogP contribution >= 0.6 is 47.2 Å². The standard InChI is InChI=1S/C16H18Cl2N4.HI/c1-19-16(22-11-12-5-2-3-9-20-12)21-10-8-13-14(17)6-4-7-15(13)18;/h2-7,9H,8,10-11H2,1H3,(H2,19,21,22);1H. The van der Waals surface area contributed by atoms with E-state index in [0.29, 0.717) is 29.1 Å². The lowest BCUT2D eigenvalue weighted by Crippen LogP contribution is -2.38. The summed E-state index contributed by atoms with van der Waals surface area (Å²) in [4.78, 5) is 8.44. The summed E-state index contributed by atoms with van der Waals surface area (Å²) in [6.45, 7) is 1.30. The fraction of sp³-hybridized carbons (Fsp3) is 0.250. The van der Waals surface area contributed by atoms with Crippen LogP contribution in [0.3, 0.4) is 0 Å². The number of halogens is 3. The fourth-order valence-electron chi connectivity index (χ4n) is 1.97. The minimum absolute atomic E-state index is 0. The average Bonchev–Trinajstić information content (AvgIpc) is 2.54. The number of nitrogens with one attached hydrogen (secondary N) is 2. The molecule has 0 unspecified atom stereocenters. The molecule has 7 heteroatoms. The van der Waals surface area contributed by atoms with Crippen molar-refractivity contribution in [1.82, 2.24) is 15.6 Å². The Labute approximate surface area is 163 Å². The van der Waals surface area contributed by atoms with E-state index in [-0.39, 0.29) is 24.0 Å². The van der Waals surface area contributed by atoms with Crippen LogP contribution in [0.1, 0.15) is 11.3 Å². The van der Waals surface area contributed by atoms with Gasteiger partial charge in [-0.1, -0.05) is 35.3 Å². The molecule has 0 spiro atoms. The number of rotatable bonds is 5. The van der Waals surface area contributed by atoms with Crippen molar-refractivity contribution < 1.29 is 0 Å². The summed E-state index contributed by atoms with van der Waals surface area (Å²) in [6, 6.07) is 11.3. The van der Waals surface area contributed by atoms with E-state index in [2.05, 4.69) is 20.6 Å². The van der Waals surface area contributed by atoms with Crippen LogP contribution in [-0.4, -0.2) is 24.5 Å². The van der Waals surface area contributed by atoms with E-state index in [1.165, 1.54) is 0 Å². The van der Waals surface area contributed by atoms with E-state index >= 15 is 0 Å². The van der Waals surface area contributed by atoms with Crippen molar-refractivity contribution in [2.75, 3.05) is 13.6 Å². The molecule has 124 valence electrons. The first kappa shape index (κ1) is 20.0. The number of hydrogen-bond donors (Lipinski definition) is 2. The Balaban J connectivity index is 0.00000264. The van der Waals surface area contributed by atoms with E-state index in [1.54, 1.807) is 13.2 Å². The minimum Gasteiger partial charge on any atom is -0.356 e. The zero-order valence-electron chi connectivity index (χ0n) is 12.7. The van der Waals surface area contributed by atoms with E-state index in [9.17, 15) is 0 Å². The second-order valence-corrected chi connectivity index (χ2v) is 5.44. The van der Waals surface area contributed by atoms with Gasteiger partial charge in [0, 0.05) is 29.8 Å². The highest BCUT2D eigenvalue weighted by Gasteiger charge is 2.05. The van der Waals surface area contributed by atoms with E-state index in [4.69, 9.17) is 23.2 Å². The van der Waals surface area contributed by atoms with Gasteiger partial charge in [0.05, 0.1) is 12.2 Å². The number of nitrogens with zero attached hydrogens (tertiary/aromatic N) is 2. The molecule has 2 N–H and O–H groups in total. The molecule has 1 heterocycles. The molecule has 0 fully saturated rings. The molecule has 2 aromatic rings. The zero-order chi connectivity index (χ0) is 15.8. The Kier molecular flexibility index (Phi) is 9.28. The van der Waals surface area contributed by atoms with Gasteiger partial charge >= 0.3 is 0 Å². The van der Waals surface area contributed by atoms with Crippen molar-refractivity contribution in [3.05, 3.63) is 63.9 Å². The fourth-order valence-corrected chi connectivity index (χ4v) is 2.56. The van der Waals surface area contributed by atoms with Gasteiger partial charge in [0.2, 0.25) is 0 Å². The van der Waals surface area contributed by atoms with Gasteiger partial charge in [-0.25, -0.2) is 0 Å². The quantitative estimate of drug-likeness (QED) is 0.400. The number of hydrogen-bond acceptors (Lipinski definition) is 2. The third-order valence-corrected chi connectivity index (χ3v) is 3.82. The number of benzene rings is 1. The van der Waals surface area contributed by atoms with Crippen LogP contribution in [0, 0.1) is 0 Å². The van der Waals surface area contributed by atoms with Crippen LogP contribution in [0.25, 0.3) is 0 Å². The molecular formula is C16H19Cl2IN4. The van der Waals surface area contributed by atoms with Crippen LogP contribution in [0.2, 0.25) is 10.0 Å². The van der Waals surface area contributed by atoms with Crippen molar-refractivity contribution >= 4 is 53.1 Å². The molecule has 2 rings (SSSR count). The second kappa shape index (κ2) is 10.7. The Morgan fingerprint density at radius 2 is 1.83 bits per heavy atom. The molecule has 0 radical (unpaired) electrons. The molecule has 23 heavy (non-hydrogen) atoms. The molecule has 0 atom stereocenters. The average molecular weight is 465 g/mol. The SMILES string of the molecule is CN=C(NCCc1c(Cl)cccc1Cl)NCc1ccccn1.I. The van der Waals surface area contributed by atoms with Crippen molar-refractivity contribution in [3.8, 4) is 0 Å². The lowest BCUT2D eigenvalue weighted by atomic mass is 10.1. The lowest BCUT2D eigenvalue weighted by molar-refractivity contribution is 0.783. The molecule has 1 aromatic heterocycles. The van der Waals surface area contributed by atoms with E-state index in [0.717, 1.165) is 17.7 Å². The summed E-state index contributed by atoms with van der Waals surface area (Å²) < 4.78 is 0. The Morgan fingerprint density at radius 1 is 1.09 bits per heavy atom. The van der Waals surface area contributed by atoms with E-state index in [1.807, 2.05) is 36.4 Å². The lowest BCUT2D eigenvalue weighted by Gasteiger charge is -2.12. The normalized spacial score (nSPS) is 10.8. The third-order valence-electron chi connectivity index (χ3n) is 3.12. The highest BCUT2D eigenvalue weighted by molar-refractivity contribution is 14.0. The van der Waals surface area contributed by atoms with E-state index < -0.39 is 0 Å². The van der Waals surface area contributed by atoms with Gasteiger partial charge in [-0.2, -0.15) is 0 Å². The van der Waals surface area contributed by atoms with Crippen molar-refractivity contribution in [1.29, 1.82) is 0 Å². The molecule has 0 saturated heterocycles. The molecule has 0 aliphatic carbocycles. The number of aliphatic imine (C=N–C) groups is 1. The van der Waals surface area contributed by atoms with Gasteiger partial charge in [-0.05, 0) is 36.2 Å². The molecule has 0 saturated carbocycles. The Bertz CT molecular complexity index is 615. The summed E-state index contributed by atoms with van der Waals surface area (Å²) in [5, 5.41) is 7.82. The molecule has 0 aliphatic rings. The summed E-state index contributed by atoms with van der Waals surface area (Å²) in [7, 11) is 1.73. The van der Waals surface area contributed by atoms with Crippen LogP contribution in [0.5, 0.6) is 0 Å². The Morgan fingerprint density at radius 3 is 2.43 bits per heavy atom. The smallest absolute Gasteiger partial charge is 0.191 e. The highest BCUT2D eigenvalue weighted by atomic mass is 127. The predicted octanol–water partition coefficient (Wildman–Crippen LogP) is 3.91. The van der Waals surface area contributed by atoms with Crippen molar-refractivity contribution in [2.24, 2.45) is 4.99 Å². The monoisotopic (exact) mass is 464 g/mol. The summed E-state index contributed by atoms with van der Waals surface area (Å²) in [5.41, 5.74) is 1.90. The van der Waals surface area contributed by atoms with Gasteiger partial charge in [-0.15, -0.1) is 24.0 Å². The summed E-state index contributed by atoms with van der Waals surface area (Å²) >= 11 is 12.3. The number of pyridine rings is 1. The first-order valence-corrected chi connectivity index (χ1v) is 7.73. The van der Waals surface area contributed by atoms with Gasteiger partial charge < -0.3 is 10.6 Å². The van der Waals surface area contributed by atoms with Gasteiger partial charge in [-0.3, -0.25) is 9.98 Å². The first-order valence-electron chi connectivity index (χ1n) is 6.98. The second-order valence-electron chi connectivity index (χ2n) is 4.62. The predicted molar refractivity (Wildman–Crippen MR) is 108 cm³/mol. The molecule has 0 bridgehead atoms. The largest absolute Gasteiger partial charge is 0.356 e. The molecule has 0 amide bonds. The summed E-state index contributed by atoms with van der Waals surface area (Å²) in [5.74, 6) is 0.717. The van der Waals surface area contributed by atoms with Gasteiger partial charge in [0.1, 0.15) is 0 Å². The van der Waals surface area contributed by atoms with Gasteiger partial charge in [0.15, 0.2) is 5.96 Å². The molecule has 1 aromatic carbocycles. The number of guanidine groups is 1. The molecular weight excluding hydrogens is 446 g/mol. The first-order chi connectivity index (χ1) is 10.7. The molecule has 0 aliphatic heterocycles. The van der Waals surface area contributed by atoms with Crippen LogP contribution in [0.4, 0.5) is 0 Å². The van der Waals surface area contributed by atoms with Crippen LogP contribution in [-0.2, 0) is 13.0 Å². The topological polar surface area (TPSA) is 49.3 Å². The maximum Gasteiger partial charge on any atom is 0.191 e. The molecule has 4 nitrogen and oxygen atoms in total. The third kappa shape index (κ3) is 6.53. The van der Waals surface area contributed by atoms with Crippen molar-refractivity contribution in [2.45, 2.75) is 13.0 Å². The van der Waals surface area contributed by atoms with Crippen LogP contribution < -0.4 is 10.6 Å². The van der Waals surface area contributed by atoms with Crippen molar-refractivity contribution in [3.63, 3.8) is 0 Å². The maximum atomic E-state index is 6.15. The Hall–Kier alpha value is -1.05. The highest BCUT2D eigenvalue weighted by Crippen LogP contribution is 2.24. The maximum absolute atomic E-state index is 6.15. The minimum atomic E-state index is 0. The number of aromatic nitrogens is 1.